The fourth-order valence-corrected chi connectivity index (χ4v) is 6.69. The Labute approximate surface area is 288 Å². The summed E-state index contributed by atoms with van der Waals surface area (Å²) in [5.41, 5.74) is 2.17. The molecule has 4 aromatic carbocycles. The third-order valence-corrected chi connectivity index (χ3v) is 9.60. The third kappa shape index (κ3) is 9.29. The van der Waals surface area contributed by atoms with Crippen LogP contribution in [0.4, 0.5) is 5.69 Å². The molecule has 2 amide bonds. The van der Waals surface area contributed by atoms with Crippen LogP contribution in [0.2, 0.25) is 5.02 Å². The van der Waals surface area contributed by atoms with Crippen molar-refractivity contribution in [3.05, 3.63) is 119 Å². The van der Waals surface area contributed by atoms with E-state index in [1.54, 1.807) is 48.5 Å². The van der Waals surface area contributed by atoms with Gasteiger partial charge in [-0.3, -0.25) is 13.9 Å². The van der Waals surface area contributed by atoms with E-state index in [4.69, 9.17) is 21.1 Å². The molecule has 0 heterocycles. The van der Waals surface area contributed by atoms with Crippen molar-refractivity contribution >= 4 is 39.1 Å². The first-order valence-electron chi connectivity index (χ1n) is 15.4. The molecule has 0 aliphatic rings. The van der Waals surface area contributed by atoms with Crippen molar-refractivity contribution in [2.75, 3.05) is 25.1 Å². The summed E-state index contributed by atoms with van der Waals surface area (Å²) < 4.78 is 40.5. The highest BCUT2D eigenvalue weighted by molar-refractivity contribution is 7.92. The standard InChI is InChI=1S/C37H42ClN3O6S/c1-26-12-18-30(19-13-26)41(48(44,45)31-20-21-33(46-5)34(23-31)47-6)25-35(42)40(24-28-14-16-29(38)17-15-28)32(36(43)39-37(2,3)4)22-27-10-8-7-9-11-27/h7-21,23,32H,22,24-25H2,1-6H3,(H,39,43)/t32-/m1/s1. The molecular formula is C37H42ClN3O6S. The SMILES string of the molecule is COc1ccc(S(=O)(=O)N(CC(=O)N(Cc2ccc(Cl)cc2)[C@H](Cc2ccccc2)C(=O)NC(C)(C)C)c2ccc(C)cc2)cc1OC. The number of rotatable bonds is 13. The van der Waals surface area contributed by atoms with Gasteiger partial charge in [0.15, 0.2) is 11.5 Å². The van der Waals surface area contributed by atoms with E-state index >= 15 is 0 Å². The molecule has 0 unspecified atom stereocenters. The number of nitrogens with zero attached hydrogens (tertiary/aromatic N) is 2. The summed E-state index contributed by atoms with van der Waals surface area (Å²) in [6.45, 7) is 6.93. The molecule has 254 valence electrons. The molecule has 1 atom stereocenters. The van der Waals surface area contributed by atoms with Crippen LogP contribution in [0, 0.1) is 6.92 Å². The van der Waals surface area contributed by atoms with Gasteiger partial charge in [-0.2, -0.15) is 0 Å². The summed E-state index contributed by atoms with van der Waals surface area (Å²) in [5, 5.41) is 3.55. The van der Waals surface area contributed by atoms with Crippen LogP contribution < -0.4 is 19.1 Å². The maximum absolute atomic E-state index is 14.6. The summed E-state index contributed by atoms with van der Waals surface area (Å²) in [6.07, 6.45) is 0.203. The molecule has 0 spiro atoms. The first-order chi connectivity index (χ1) is 22.7. The zero-order valence-electron chi connectivity index (χ0n) is 28.1. The Morgan fingerprint density at radius 1 is 0.833 bits per heavy atom. The number of ether oxygens (including phenoxy) is 2. The molecule has 48 heavy (non-hydrogen) atoms. The number of carbonyl (C=O) groups excluding carboxylic acids is 2. The zero-order chi connectivity index (χ0) is 35.1. The number of carbonyl (C=O) groups is 2. The number of sulfonamides is 1. The second-order valence-electron chi connectivity index (χ2n) is 12.5. The average Bonchev–Trinajstić information content (AvgIpc) is 3.05. The monoisotopic (exact) mass is 691 g/mol. The van der Waals surface area contributed by atoms with Gasteiger partial charge in [-0.25, -0.2) is 8.42 Å². The number of methoxy groups -OCH3 is 2. The molecule has 0 bridgehead atoms. The fourth-order valence-electron chi connectivity index (χ4n) is 5.14. The van der Waals surface area contributed by atoms with E-state index in [2.05, 4.69) is 5.32 Å². The summed E-state index contributed by atoms with van der Waals surface area (Å²) >= 11 is 6.17. The number of aryl methyl sites for hydroxylation is 1. The summed E-state index contributed by atoms with van der Waals surface area (Å²) in [5.74, 6) is -0.352. The van der Waals surface area contributed by atoms with Gasteiger partial charge in [0.25, 0.3) is 10.0 Å². The highest BCUT2D eigenvalue weighted by atomic mass is 35.5. The first-order valence-corrected chi connectivity index (χ1v) is 17.2. The molecule has 0 radical (unpaired) electrons. The van der Waals surface area contributed by atoms with Gasteiger partial charge in [0.2, 0.25) is 11.8 Å². The summed E-state index contributed by atoms with van der Waals surface area (Å²) in [6, 6.07) is 26.5. The van der Waals surface area contributed by atoms with Crippen molar-refractivity contribution in [3.63, 3.8) is 0 Å². The molecular weight excluding hydrogens is 650 g/mol. The Kier molecular flexibility index (Phi) is 11.8. The minimum atomic E-state index is -4.33. The van der Waals surface area contributed by atoms with Crippen molar-refractivity contribution in [2.45, 2.75) is 57.1 Å². The van der Waals surface area contributed by atoms with Crippen molar-refractivity contribution in [3.8, 4) is 11.5 Å². The molecule has 1 N–H and O–H groups in total. The number of anilines is 1. The van der Waals surface area contributed by atoms with Crippen molar-refractivity contribution in [1.29, 1.82) is 0 Å². The van der Waals surface area contributed by atoms with Gasteiger partial charge in [-0.1, -0.05) is 71.8 Å². The average molecular weight is 692 g/mol. The van der Waals surface area contributed by atoms with Gasteiger partial charge in [0, 0.05) is 29.6 Å². The lowest BCUT2D eigenvalue weighted by Gasteiger charge is -2.35. The van der Waals surface area contributed by atoms with E-state index in [0.29, 0.717) is 10.8 Å². The number of halogens is 1. The van der Waals surface area contributed by atoms with Crippen molar-refractivity contribution in [1.82, 2.24) is 10.2 Å². The molecule has 0 aromatic heterocycles. The van der Waals surface area contributed by atoms with Crippen LogP contribution >= 0.6 is 11.6 Å². The topological polar surface area (TPSA) is 105 Å². The summed E-state index contributed by atoms with van der Waals surface area (Å²) in [4.78, 5) is 30.0. The van der Waals surface area contributed by atoms with E-state index in [1.807, 2.05) is 58.0 Å². The molecule has 11 heteroatoms. The minimum Gasteiger partial charge on any atom is -0.493 e. The number of hydrogen-bond acceptors (Lipinski definition) is 6. The quantitative estimate of drug-likeness (QED) is 0.174. The molecule has 0 aliphatic heterocycles. The second-order valence-corrected chi connectivity index (χ2v) is 14.8. The molecule has 0 fully saturated rings. The largest absolute Gasteiger partial charge is 0.493 e. The van der Waals surface area contributed by atoms with Crippen LogP contribution in [0.25, 0.3) is 0 Å². The number of benzene rings is 4. The smallest absolute Gasteiger partial charge is 0.264 e. The zero-order valence-corrected chi connectivity index (χ0v) is 29.6. The molecule has 0 saturated heterocycles. The maximum Gasteiger partial charge on any atom is 0.264 e. The minimum absolute atomic E-state index is 0.0310. The normalized spacial score (nSPS) is 12.1. The Bertz CT molecular complexity index is 1810. The second kappa shape index (κ2) is 15.6. The molecule has 4 aromatic rings. The van der Waals surface area contributed by atoms with Crippen molar-refractivity contribution < 1.29 is 27.5 Å². The lowest BCUT2D eigenvalue weighted by Crippen LogP contribution is -2.56. The van der Waals surface area contributed by atoms with Gasteiger partial charge in [0.05, 0.1) is 24.8 Å². The Morgan fingerprint density at radius 2 is 1.46 bits per heavy atom. The van der Waals surface area contributed by atoms with Gasteiger partial charge in [-0.15, -0.1) is 0 Å². The van der Waals surface area contributed by atoms with Crippen LogP contribution in [0.15, 0.2) is 102 Å². The lowest BCUT2D eigenvalue weighted by molar-refractivity contribution is -0.140. The Morgan fingerprint density at radius 3 is 2.04 bits per heavy atom. The van der Waals surface area contributed by atoms with Gasteiger partial charge < -0.3 is 19.7 Å². The van der Waals surface area contributed by atoms with Crippen LogP contribution in [0.1, 0.15) is 37.5 Å². The van der Waals surface area contributed by atoms with Crippen molar-refractivity contribution in [2.24, 2.45) is 0 Å². The highest BCUT2D eigenvalue weighted by Crippen LogP contribution is 2.32. The third-order valence-electron chi connectivity index (χ3n) is 7.58. The van der Waals surface area contributed by atoms with E-state index < -0.39 is 34.1 Å². The van der Waals surface area contributed by atoms with Crippen LogP contribution in [0.5, 0.6) is 11.5 Å². The number of nitrogens with one attached hydrogen (secondary N) is 1. The first kappa shape index (κ1) is 36.3. The number of amides is 2. The Balaban J connectivity index is 1.83. The van der Waals surface area contributed by atoms with E-state index in [0.717, 1.165) is 21.0 Å². The maximum atomic E-state index is 14.6. The molecule has 4 rings (SSSR count). The summed E-state index contributed by atoms with van der Waals surface area (Å²) in [7, 11) is -1.46. The van der Waals surface area contributed by atoms with Gasteiger partial charge in [-0.05, 0) is 75.2 Å². The predicted octanol–water partition coefficient (Wildman–Crippen LogP) is 6.42. The van der Waals surface area contributed by atoms with Crippen LogP contribution in [-0.2, 0) is 32.6 Å². The molecule has 0 aliphatic carbocycles. The van der Waals surface area contributed by atoms with E-state index in [1.165, 1.54) is 37.3 Å². The molecule has 0 saturated carbocycles. The van der Waals surface area contributed by atoms with Gasteiger partial charge >= 0.3 is 0 Å². The fraction of sp³-hybridized carbons (Fsp3) is 0.297. The van der Waals surface area contributed by atoms with Crippen LogP contribution in [-0.4, -0.2) is 57.5 Å². The van der Waals surface area contributed by atoms with Gasteiger partial charge in [0.1, 0.15) is 12.6 Å². The van der Waals surface area contributed by atoms with E-state index in [-0.39, 0.29) is 35.2 Å². The molecule has 9 nitrogen and oxygen atoms in total. The predicted molar refractivity (Wildman–Crippen MR) is 189 cm³/mol. The highest BCUT2D eigenvalue weighted by Gasteiger charge is 2.36. The Hall–Kier alpha value is -4.54. The lowest BCUT2D eigenvalue weighted by atomic mass is 10.0. The number of hydrogen-bond donors (Lipinski definition) is 1. The van der Waals surface area contributed by atoms with Crippen LogP contribution in [0.3, 0.4) is 0 Å². The van der Waals surface area contributed by atoms with E-state index in [9.17, 15) is 18.0 Å².